The maximum atomic E-state index is 5.43. The molecular formula is C9H12O2. The molecule has 0 N–H and O–H groups in total. The van der Waals surface area contributed by atoms with Crippen molar-refractivity contribution in [3.8, 4) is 0 Å². The molecule has 1 heterocycles. The molecule has 11 heavy (non-hydrogen) atoms. The molecule has 60 valence electrons. The first kappa shape index (κ1) is 7.07. The van der Waals surface area contributed by atoms with Crippen LogP contribution in [0.2, 0.25) is 0 Å². The molecule has 1 aliphatic carbocycles. The van der Waals surface area contributed by atoms with Crippen LogP contribution in [0.5, 0.6) is 0 Å². The van der Waals surface area contributed by atoms with Gasteiger partial charge < -0.3 is 9.47 Å². The second-order valence-electron chi connectivity index (χ2n) is 2.80. The molecule has 2 heteroatoms. The minimum Gasteiger partial charge on any atom is -0.349 e. The van der Waals surface area contributed by atoms with Crippen molar-refractivity contribution in [1.82, 2.24) is 0 Å². The van der Waals surface area contributed by atoms with E-state index >= 15 is 0 Å². The molecule has 0 saturated carbocycles. The van der Waals surface area contributed by atoms with Crippen molar-refractivity contribution < 1.29 is 9.47 Å². The van der Waals surface area contributed by atoms with Gasteiger partial charge in [0.2, 0.25) is 0 Å². The van der Waals surface area contributed by atoms with Gasteiger partial charge in [-0.1, -0.05) is 18.2 Å². The van der Waals surface area contributed by atoms with Crippen molar-refractivity contribution in [3.05, 3.63) is 23.8 Å². The number of ether oxygens (including phenoxy) is 2. The molecule has 0 amide bonds. The SMILES string of the molecule is C1=CCC(C2OCCCO2)=C1. The highest BCUT2D eigenvalue weighted by Gasteiger charge is 2.18. The Bertz CT molecular complexity index is 188. The van der Waals surface area contributed by atoms with Crippen molar-refractivity contribution in [3.63, 3.8) is 0 Å². The summed E-state index contributed by atoms with van der Waals surface area (Å²) in [5.74, 6) is 0. The summed E-state index contributed by atoms with van der Waals surface area (Å²) in [6.45, 7) is 1.67. The molecule has 1 saturated heterocycles. The lowest BCUT2D eigenvalue weighted by molar-refractivity contribution is -0.156. The number of allylic oxidation sites excluding steroid dienone is 3. The van der Waals surface area contributed by atoms with Gasteiger partial charge in [0.1, 0.15) is 0 Å². The van der Waals surface area contributed by atoms with Crippen LogP contribution in [0.4, 0.5) is 0 Å². The van der Waals surface area contributed by atoms with E-state index in [1.54, 1.807) is 0 Å². The zero-order valence-corrected chi connectivity index (χ0v) is 6.45. The summed E-state index contributed by atoms with van der Waals surface area (Å²) in [6, 6.07) is 0. The van der Waals surface area contributed by atoms with Gasteiger partial charge in [-0.2, -0.15) is 0 Å². The number of hydrogen-bond acceptors (Lipinski definition) is 2. The van der Waals surface area contributed by atoms with E-state index in [0.29, 0.717) is 0 Å². The molecule has 0 unspecified atom stereocenters. The van der Waals surface area contributed by atoms with E-state index in [1.165, 1.54) is 5.57 Å². The Kier molecular flexibility index (Phi) is 2.06. The van der Waals surface area contributed by atoms with Gasteiger partial charge in [0.05, 0.1) is 13.2 Å². The summed E-state index contributed by atoms with van der Waals surface area (Å²) >= 11 is 0. The lowest BCUT2D eigenvalue weighted by Crippen LogP contribution is -2.26. The lowest BCUT2D eigenvalue weighted by atomic mass is 10.2. The van der Waals surface area contributed by atoms with E-state index in [1.807, 2.05) is 0 Å². The summed E-state index contributed by atoms with van der Waals surface area (Å²) in [7, 11) is 0. The maximum Gasteiger partial charge on any atom is 0.180 e. The van der Waals surface area contributed by atoms with E-state index in [-0.39, 0.29) is 6.29 Å². The van der Waals surface area contributed by atoms with Gasteiger partial charge in [-0.15, -0.1) is 0 Å². The average molecular weight is 152 g/mol. The first-order chi connectivity index (χ1) is 5.47. The molecule has 0 aromatic carbocycles. The summed E-state index contributed by atoms with van der Waals surface area (Å²) in [6.07, 6.45) is 8.21. The maximum absolute atomic E-state index is 5.43. The first-order valence-electron chi connectivity index (χ1n) is 4.05. The molecule has 2 nitrogen and oxygen atoms in total. The molecule has 0 atom stereocenters. The van der Waals surface area contributed by atoms with Crippen LogP contribution in [-0.4, -0.2) is 19.5 Å². The summed E-state index contributed by atoms with van der Waals surface area (Å²) in [5.41, 5.74) is 1.25. The normalized spacial score (nSPS) is 25.6. The van der Waals surface area contributed by atoms with Crippen molar-refractivity contribution in [1.29, 1.82) is 0 Å². The predicted molar refractivity (Wildman–Crippen MR) is 42.1 cm³/mol. The summed E-state index contributed by atoms with van der Waals surface area (Å²) in [5, 5.41) is 0. The average Bonchev–Trinajstić information content (AvgIpc) is 2.58. The van der Waals surface area contributed by atoms with E-state index in [2.05, 4.69) is 18.2 Å². The highest BCUT2D eigenvalue weighted by atomic mass is 16.7. The van der Waals surface area contributed by atoms with Crippen molar-refractivity contribution in [2.75, 3.05) is 13.2 Å². The van der Waals surface area contributed by atoms with E-state index < -0.39 is 0 Å². The van der Waals surface area contributed by atoms with Crippen LogP contribution in [-0.2, 0) is 9.47 Å². The Morgan fingerprint density at radius 1 is 1.27 bits per heavy atom. The third kappa shape index (κ3) is 1.52. The van der Waals surface area contributed by atoms with Crippen LogP contribution in [0.25, 0.3) is 0 Å². The molecule has 0 aromatic heterocycles. The van der Waals surface area contributed by atoms with E-state index in [0.717, 1.165) is 26.1 Å². The van der Waals surface area contributed by atoms with Crippen molar-refractivity contribution in [2.45, 2.75) is 19.1 Å². The molecule has 0 bridgehead atoms. The second kappa shape index (κ2) is 3.20. The standard InChI is InChI=1S/C9H12O2/c1-2-5-8(4-1)9-10-6-3-7-11-9/h1-2,4,9H,3,5-7H2. The molecule has 0 radical (unpaired) electrons. The molecular weight excluding hydrogens is 140 g/mol. The van der Waals surface area contributed by atoms with Gasteiger partial charge >= 0.3 is 0 Å². The largest absolute Gasteiger partial charge is 0.349 e. The smallest absolute Gasteiger partial charge is 0.180 e. The Morgan fingerprint density at radius 2 is 2.09 bits per heavy atom. The molecule has 2 rings (SSSR count). The zero-order chi connectivity index (χ0) is 7.52. The van der Waals surface area contributed by atoms with Crippen LogP contribution < -0.4 is 0 Å². The lowest BCUT2D eigenvalue weighted by Gasteiger charge is -2.24. The second-order valence-corrected chi connectivity index (χ2v) is 2.80. The van der Waals surface area contributed by atoms with Gasteiger partial charge in [-0.25, -0.2) is 0 Å². The highest BCUT2D eigenvalue weighted by molar-refractivity contribution is 5.24. The highest BCUT2D eigenvalue weighted by Crippen LogP contribution is 2.20. The fourth-order valence-corrected chi connectivity index (χ4v) is 1.34. The van der Waals surface area contributed by atoms with Gasteiger partial charge in [0.15, 0.2) is 6.29 Å². The first-order valence-corrected chi connectivity index (χ1v) is 4.05. The zero-order valence-electron chi connectivity index (χ0n) is 6.45. The van der Waals surface area contributed by atoms with Crippen LogP contribution in [0.15, 0.2) is 23.8 Å². The Balaban J connectivity index is 1.93. The van der Waals surface area contributed by atoms with Crippen LogP contribution in [0.3, 0.4) is 0 Å². The fourth-order valence-electron chi connectivity index (χ4n) is 1.34. The third-order valence-corrected chi connectivity index (χ3v) is 1.93. The number of rotatable bonds is 1. The van der Waals surface area contributed by atoms with Gasteiger partial charge in [-0.3, -0.25) is 0 Å². The van der Waals surface area contributed by atoms with Gasteiger partial charge in [-0.05, 0) is 18.4 Å². The minimum atomic E-state index is -0.0567. The topological polar surface area (TPSA) is 18.5 Å². The molecule has 2 aliphatic rings. The molecule has 1 fully saturated rings. The Hall–Kier alpha value is -0.600. The molecule has 0 spiro atoms. The summed E-state index contributed by atoms with van der Waals surface area (Å²) in [4.78, 5) is 0. The van der Waals surface area contributed by atoms with Crippen LogP contribution in [0.1, 0.15) is 12.8 Å². The molecule has 0 aromatic rings. The van der Waals surface area contributed by atoms with Crippen molar-refractivity contribution in [2.24, 2.45) is 0 Å². The Morgan fingerprint density at radius 3 is 2.73 bits per heavy atom. The van der Waals surface area contributed by atoms with Gasteiger partial charge in [0.25, 0.3) is 0 Å². The quantitative estimate of drug-likeness (QED) is 0.568. The Labute approximate surface area is 66.5 Å². The van der Waals surface area contributed by atoms with E-state index in [9.17, 15) is 0 Å². The number of hydrogen-bond donors (Lipinski definition) is 0. The molecule has 1 aliphatic heterocycles. The fraction of sp³-hybridized carbons (Fsp3) is 0.556. The third-order valence-electron chi connectivity index (χ3n) is 1.93. The van der Waals surface area contributed by atoms with Crippen LogP contribution in [0, 0.1) is 0 Å². The van der Waals surface area contributed by atoms with Crippen molar-refractivity contribution >= 4 is 0 Å². The van der Waals surface area contributed by atoms with E-state index in [4.69, 9.17) is 9.47 Å². The summed E-state index contributed by atoms with van der Waals surface area (Å²) < 4.78 is 10.9. The monoisotopic (exact) mass is 152 g/mol. The van der Waals surface area contributed by atoms with Gasteiger partial charge in [0, 0.05) is 0 Å². The van der Waals surface area contributed by atoms with Crippen LogP contribution >= 0.6 is 0 Å². The minimum absolute atomic E-state index is 0.0567. The predicted octanol–water partition coefficient (Wildman–Crippen LogP) is 1.64.